The van der Waals surface area contributed by atoms with E-state index in [9.17, 15) is 9.59 Å². The van der Waals surface area contributed by atoms with Gasteiger partial charge in [-0.15, -0.1) is 0 Å². The molecule has 4 aliphatic rings. The topological polar surface area (TPSA) is 114 Å². The lowest BCUT2D eigenvalue weighted by Crippen LogP contribution is -2.54. The molecule has 2 aliphatic carbocycles. The van der Waals surface area contributed by atoms with E-state index in [1.165, 1.54) is 0 Å². The van der Waals surface area contributed by atoms with Crippen LogP contribution < -0.4 is 20.7 Å². The van der Waals surface area contributed by atoms with Crippen LogP contribution in [0.2, 0.25) is 0 Å². The first-order chi connectivity index (χ1) is 18.7. The van der Waals surface area contributed by atoms with Crippen LogP contribution in [0.5, 0.6) is 5.88 Å². The number of carbonyl (C=O) groups excluding carboxylic acids is 2. The number of ether oxygens (including phenoxy) is 1. The van der Waals surface area contributed by atoms with Gasteiger partial charge in [0.2, 0.25) is 5.88 Å². The van der Waals surface area contributed by atoms with Gasteiger partial charge in [-0.05, 0) is 78.5 Å². The minimum atomic E-state index is -0.919. The number of carbonyl (C=O) groups is 2. The second-order valence-corrected chi connectivity index (χ2v) is 12.1. The summed E-state index contributed by atoms with van der Waals surface area (Å²) in [5.74, 6) is 1.41. The number of allylic oxidation sites excluding steroid dienone is 1. The Morgan fingerprint density at radius 1 is 1.15 bits per heavy atom. The number of aromatic nitrogens is 2. The van der Waals surface area contributed by atoms with E-state index in [2.05, 4.69) is 42.6 Å². The molecule has 4 fully saturated rings. The number of piperazine rings is 1. The number of nitrogens with two attached hydrogens (primary N) is 1. The highest BCUT2D eigenvalue weighted by Crippen LogP contribution is 2.45. The van der Waals surface area contributed by atoms with Crippen LogP contribution in [0.25, 0.3) is 5.70 Å². The lowest BCUT2D eigenvalue weighted by atomic mass is 9.62. The Morgan fingerprint density at radius 3 is 2.56 bits per heavy atom. The molecule has 212 valence electrons. The lowest BCUT2D eigenvalue weighted by Gasteiger charge is -2.38. The van der Waals surface area contributed by atoms with Gasteiger partial charge in [-0.3, -0.25) is 14.5 Å². The Hall–Kier alpha value is -2.78. The Balaban J connectivity index is 1.53. The molecule has 1 aromatic heterocycles. The number of nitrogens with one attached hydrogen (secondary N) is 1. The highest BCUT2D eigenvalue weighted by molar-refractivity contribution is 6.17. The number of ketones is 2. The average Bonchev–Trinajstić information content (AvgIpc) is 3.34. The maximum absolute atomic E-state index is 13.8. The van der Waals surface area contributed by atoms with Crippen LogP contribution in [-0.4, -0.2) is 77.3 Å². The minimum absolute atomic E-state index is 0.0701. The quantitative estimate of drug-likeness (QED) is 0.321. The van der Waals surface area contributed by atoms with Crippen molar-refractivity contribution >= 4 is 23.1 Å². The van der Waals surface area contributed by atoms with Gasteiger partial charge in [0.25, 0.3) is 0 Å². The Morgan fingerprint density at radius 2 is 1.90 bits per heavy atom. The molecule has 9 nitrogen and oxygen atoms in total. The summed E-state index contributed by atoms with van der Waals surface area (Å²) in [5.41, 5.74) is 6.58. The fraction of sp³-hybridized carbons (Fsp3) is 0.667. The van der Waals surface area contributed by atoms with Gasteiger partial charge in [0.1, 0.15) is 17.7 Å². The fourth-order valence-corrected chi connectivity index (χ4v) is 7.11. The molecular weight excluding hydrogens is 492 g/mol. The van der Waals surface area contributed by atoms with Crippen molar-refractivity contribution in [3.05, 3.63) is 30.1 Å². The van der Waals surface area contributed by atoms with Gasteiger partial charge < -0.3 is 20.7 Å². The molecule has 39 heavy (non-hydrogen) atoms. The average molecular weight is 537 g/mol. The molecule has 0 amide bonds. The van der Waals surface area contributed by atoms with Crippen LogP contribution in [0.1, 0.15) is 77.5 Å². The number of hydrogen-bond donors (Lipinski definition) is 2. The molecule has 0 bridgehead atoms. The zero-order valence-electron chi connectivity index (χ0n) is 23.7. The highest BCUT2D eigenvalue weighted by Gasteiger charge is 2.49. The van der Waals surface area contributed by atoms with E-state index in [0.717, 1.165) is 57.6 Å². The first kappa shape index (κ1) is 27.8. The predicted octanol–water partition coefficient (Wildman–Crippen LogP) is 3.24. The van der Waals surface area contributed by atoms with Crippen LogP contribution in [0.15, 0.2) is 24.3 Å². The number of anilines is 1. The monoisotopic (exact) mass is 536 g/mol. The first-order valence-electron chi connectivity index (χ1n) is 14.7. The van der Waals surface area contributed by atoms with E-state index < -0.39 is 5.41 Å². The largest absolute Gasteiger partial charge is 0.468 e. The summed E-state index contributed by atoms with van der Waals surface area (Å²) in [6, 6.07) is 2.68. The molecule has 1 aromatic rings. The molecule has 2 saturated carbocycles. The van der Waals surface area contributed by atoms with E-state index in [4.69, 9.17) is 20.4 Å². The third-order valence-electron chi connectivity index (χ3n) is 9.11. The molecule has 5 rings (SSSR count). The van der Waals surface area contributed by atoms with E-state index in [1.807, 2.05) is 12.1 Å². The molecule has 0 aromatic carbocycles. The second kappa shape index (κ2) is 11.4. The summed E-state index contributed by atoms with van der Waals surface area (Å²) in [6.45, 7) is 10.9. The number of likely N-dealkylation sites (tertiary alicyclic amines) is 1. The van der Waals surface area contributed by atoms with E-state index in [0.29, 0.717) is 43.0 Å². The normalized spacial score (nSPS) is 32.4. The number of nitrogens with zero attached hydrogens (tertiary/aromatic N) is 4. The summed E-state index contributed by atoms with van der Waals surface area (Å²) in [7, 11) is 2.11. The predicted molar refractivity (Wildman–Crippen MR) is 152 cm³/mol. The summed E-state index contributed by atoms with van der Waals surface area (Å²) >= 11 is 0. The number of likely N-dealkylation sites (N-methyl/N-ethyl adjacent to an activating group) is 1. The van der Waals surface area contributed by atoms with Crippen molar-refractivity contribution in [1.29, 1.82) is 0 Å². The third kappa shape index (κ3) is 5.48. The fourth-order valence-electron chi connectivity index (χ4n) is 7.11. The van der Waals surface area contributed by atoms with Gasteiger partial charge in [0.05, 0.1) is 17.2 Å². The zero-order chi connectivity index (χ0) is 27.7. The summed E-state index contributed by atoms with van der Waals surface area (Å²) in [4.78, 5) is 41.0. The van der Waals surface area contributed by atoms with Gasteiger partial charge in [-0.25, -0.2) is 4.98 Å². The third-order valence-corrected chi connectivity index (χ3v) is 9.11. The van der Waals surface area contributed by atoms with Crippen molar-refractivity contribution in [2.45, 2.75) is 95.9 Å². The molecule has 2 aliphatic heterocycles. The Bertz CT molecular complexity index is 1140. The summed E-state index contributed by atoms with van der Waals surface area (Å²) in [6.07, 6.45) is 8.50. The zero-order valence-corrected chi connectivity index (χ0v) is 23.7. The standard InChI is InChI=1S/C30H44N6O3/c1-5-23(22-11-9-15-35(22)4)39-26-16-25(36-17-19(2)32-20(3)18-36)33-29(34-26)27(31)21-10-8-14-30(28(21)38)13-7-6-12-24(30)37/h5,16,19-20,22-23,32H,1,6-15,17-18,31H2,2-4H3/t19-,20-,22-,23-,30+/m0/s1. The summed E-state index contributed by atoms with van der Waals surface area (Å²) in [5, 5.41) is 3.56. The van der Waals surface area contributed by atoms with Gasteiger partial charge >= 0.3 is 0 Å². The molecular formula is C30H44N6O3. The van der Waals surface area contributed by atoms with Crippen molar-refractivity contribution in [2.24, 2.45) is 11.1 Å². The number of Topliss-reactive ketones (excluding diaryl/α,β-unsaturated/α-hetero) is 2. The lowest BCUT2D eigenvalue weighted by molar-refractivity contribution is -0.143. The smallest absolute Gasteiger partial charge is 0.219 e. The van der Waals surface area contributed by atoms with Crippen molar-refractivity contribution in [3.8, 4) is 5.88 Å². The molecule has 0 radical (unpaired) electrons. The molecule has 0 unspecified atom stereocenters. The number of rotatable bonds is 6. The van der Waals surface area contributed by atoms with Crippen LogP contribution in [0.4, 0.5) is 5.82 Å². The molecule has 5 atom stereocenters. The van der Waals surface area contributed by atoms with Crippen LogP contribution in [0.3, 0.4) is 0 Å². The van der Waals surface area contributed by atoms with Gasteiger partial charge in [-0.2, -0.15) is 4.98 Å². The molecule has 2 saturated heterocycles. The van der Waals surface area contributed by atoms with E-state index in [-0.39, 0.29) is 41.5 Å². The van der Waals surface area contributed by atoms with Gasteiger partial charge in [-0.1, -0.05) is 13.0 Å². The maximum Gasteiger partial charge on any atom is 0.219 e. The van der Waals surface area contributed by atoms with Crippen molar-refractivity contribution < 1.29 is 14.3 Å². The first-order valence-corrected chi connectivity index (χ1v) is 14.7. The van der Waals surface area contributed by atoms with Crippen LogP contribution >= 0.6 is 0 Å². The van der Waals surface area contributed by atoms with Crippen molar-refractivity contribution in [1.82, 2.24) is 20.2 Å². The van der Waals surface area contributed by atoms with Crippen molar-refractivity contribution in [3.63, 3.8) is 0 Å². The SMILES string of the molecule is C=C[C@H](Oc1cc(N2C[C@H](C)N[C@@H](C)C2)nc(C(N)=C2CCC[C@@]3(CCCCC3=O)C2=O)n1)[C@@H]1CCCN1C. The van der Waals surface area contributed by atoms with E-state index in [1.54, 1.807) is 0 Å². The summed E-state index contributed by atoms with van der Waals surface area (Å²) < 4.78 is 6.46. The number of hydrogen-bond acceptors (Lipinski definition) is 9. The minimum Gasteiger partial charge on any atom is -0.468 e. The Labute approximate surface area is 232 Å². The van der Waals surface area contributed by atoms with Gasteiger partial charge in [0, 0.05) is 43.2 Å². The van der Waals surface area contributed by atoms with Crippen LogP contribution in [0, 0.1) is 5.41 Å². The van der Waals surface area contributed by atoms with Crippen molar-refractivity contribution in [2.75, 3.05) is 31.6 Å². The highest BCUT2D eigenvalue weighted by atomic mass is 16.5. The van der Waals surface area contributed by atoms with Crippen LogP contribution in [-0.2, 0) is 9.59 Å². The second-order valence-electron chi connectivity index (χ2n) is 12.1. The molecule has 3 N–H and O–H groups in total. The molecule has 3 heterocycles. The van der Waals surface area contributed by atoms with Gasteiger partial charge in [0.15, 0.2) is 11.6 Å². The Kier molecular flexibility index (Phi) is 8.10. The maximum atomic E-state index is 13.8. The molecule has 1 spiro atoms. The van der Waals surface area contributed by atoms with E-state index >= 15 is 0 Å². The molecule has 9 heteroatoms.